The summed E-state index contributed by atoms with van der Waals surface area (Å²) in [5.41, 5.74) is 7.85. The van der Waals surface area contributed by atoms with E-state index in [9.17, 15) is 4.79 Å². The molecule has 0 saturated heterocycles. The molecule has 0 fully saturated rings. The van der Waals surface area contributed by atoms with Crippen molar-refractivity contribution in [3.05, 3.63) is 71.0 Å². The largest absolute Gasteiger partial charge is 0.325 e. The maximum absolute atomic E-state index is 13.4. The van der Waals surface area contributed by atoms with Gasteiger partial charge in [-0.2, -0.15) is 0 Å². The van der Waals surface area contributed by atoms with Gasteiger partial charge in [-0.1, -0.05) is 75.0 Å². The summed E-state index contributed by atoms with van der Waals surface area (Å²) in [6, 6.07) is 16.2. The number of aryl methyl sites for hydroxylation is 3. The van der Waals surface area contributed by atoms with Gasteiger partial charge in [0, 0.05) is 12.1 Å². The molecule has 7 heteroatoms. The molecule has 6 nitrogen and oxygen atoms in total. The summed E-state index contributed by atoms with van der Waals surface area (Å²) in [5, 5.41) is 12.1. The van der Waals surface area contributed by atoms with Gasteiger partial charge >= 0.3 is 0 Å². The van der Waals surface area contributed by atoms with Crippen LogP contribution >= 0.6 is 11.8 Å². The molecule has 2 atom stereocenters. The van der Waals surface area contributed by atoms with E-state index >= 15 is 0 Å². The number of fused-ring (bicyclic) bond motifs is 1. The van der Waals surface area contributed by atoms with E-state index in [-0.39, 0.29) is 17.2 Å². The zero-order valence-corrected chi connectivity index (χ0v) is 18.4. The number of amides is 1. The first-order valence-electron chi connectivity index (χ1n) is 10.5. The Labute approximate surface area is 181 Å². The smallest absolute Gasteiger partial charge is 0.240 e. The molecule has 0 unspecified atom stereocenters. The van der Waals surface area contributed by atoms with Gasteiger partial charge < -0.3 is 10.7 Å². The lowest BCUT2D eigenvalue weighted by Gasteiger charge is -2.33. The van der Waals surface area contributed by atoms with Crippen molar-refractivity contribution in [2.45, 2.75) is 56.5 Å². The molecule has 0 aliphatic carbocycles. The lowest BCUT2D eigenvalue weighted by atomic mass is 10.0. The fourth-order valence-corrected chi connectivity index (χ4v) is 4.79. The summed E-state index contributed by atoms with van der Waals surface area (Å²) in [6.07, 6.45) is 2.62. The summed E-state index contributed by atoms with van der Waals surface area (Å²) in [4.78, 5) is 13.4. The molecule has 30 heavy (non-hydrogen) atoms. The van der Waals surface area contributed by atoms with Crippen LogP contribution in [0.4, 0.5) is 5.69 Å². The number of anilines is 1. The van der Waals surface area contributed by atoms with Gasteiger partial charge in [0.25, 0.3) is 0 Å². The molecule has 2 heterocycles. The highest BCUT2D eigenvalue weighted by Gasteiger charge is 2.37. The van der Waals surface area contributed by atoms with Crippen molar-refractivity contribution in [2.24, 2.45) is 0 Å². The molecule has 0 saturated carbocycles. The molecular weight excluding hydrogens is 394 g/mol. The maximum Gasteiger partial charge on any atom is 0.240 e. The van der Waals surface area contributed by atoms with Crippen LogP contribution in [0.25, 0.3) is 0 Å². The van der Waals surface area contributed by atoms with Crippen LogP contribution < -0.4 is 10.7 Å². The number of carbonyl (C=O) groups excluding carboxylic acids is 1. The topological polar surface area (TPSA) is 71.8 Å². The van der Waals surface area contributed by atoms with Gasteiger partial charge in [-0.05, 0) is 35.6 Å². The van der Waals surface area contributed by atoms with E-state index in [1.165, 1.54) is 17.3 Å². The Morgan fingerprint density at radius 1 is 1.03 bits per heavy atom. The van der Waals surface area contributed by atoms with Gasteiger partial charge in [0.05, 0.1) is 6.04 Å². The molecule has 0 bridgehead atoms. The maximum atomic E-state index is 13.4. The number of benzene rings is 2. The van der Waals surface area contributed by atoms with Crippen LogP contribution in [0, 0.1) is 0 Å². The molecule has 0 spiro atoms. The number of aromatic nitrogens is 3. The van der Waals surface area contributed by atoms with Gasteiger partial charge in [-0.3, -0.25) is 4.79 Å². The average Bonchev–Trinajstić information content (AvgIpc) is 3.20. The molecule has 156 valence electrons. The summed E-state index contributed by atoms with van der Waals surface area (Å²) < 4.78 is 1.92. The molecule has 1 aliphatic rings. The average molecular weight is 422 g/mol. The molecule has 3 aromatic rings. The van der Waals surface area contributed by atoms with Crippen LogP contribution in [0.3, 0.4) is 0 Å². The number of hydrogen-bond acceptors (Lipinski definition) is 5. The third-order valence-corrected chi connectivity index (χ3v) is 6.70. The van der Waals surface area contributed by atoms with Crippen molar-refractivity contribution >= 4 is 23.4 Å². The first kappa shape index (κ1) is 20.5. The van der Waals surface area contributed by atoms with Crippen LogP contribution in [-0.4, -0.2) is 26.0 Å². The lowest BCUT2D eigenvalue weighted by Crippen LogP contribution is -2.41. The first-order chi connectivity index (χ1) is 14.6. The first-order valence-corrected chi connectivity index (χ1v) is 11.4. The predicted molar refractivity (Wildman–Crippen MR) is 121 cm³/mol. The van der Waals surface area contributed by atoms with E-state index in [1.54, 1.807) is 0 Å². The Bertz CT molecular complexity index is 1030. The minimum atomic E-state index is -0.371. The third kappa shape index (κ3) is 3.94. The summed E-state index contributed by atoms with van der Waals surface area (Å²) in [6.45, 7) is 6.28. The minimum absolute atomic E-state index is 0.0368. The van der Waals surface area contributed by atoms with E-state index in [2.05, 4.69) is 66.0 Å². The number of thioether (sulfide) groups is 1. The van der Waals surface area contributed by atoms with Crippen LogP contribution in [0.2, 0.25) is 0 Å². The van der Waals surface area contributed by atoms with Crippen LogP contribution in [-0.2, 0) is 24.1 Å². The highest BCUT2D eigenvalue weighted by Crippen LogP contribution is 2.38. The molecule has 2 N–H and O–H groups in total. The molecule has 1 aromatic heterocycles. The molecule has 1 aliphatic heterocycles. The lowest BCUT2D eigenvalue weighted by molar-refractivity contribution is -0.116. The summed E-state index contributed by atoms with van der Waals surface area (Å²) in [5.74, 6) is 0.827. The Hall–Kier alpha value is -2.80. The molecule has 2 aromatic carbocycles. The second-order valence-corrected chi connectivity index (χ2v) is 8.44. The molecule has 4 rings (SSSR count). The number of nitrogens with zero attached hydrogens (tertiary/aromatic N) is 3. The van der Waals surface area contributed by atoms with Crippen LogP contribution in [0.15, 0.2) is 53.7 Å². The minimum Gasteiger partial charge on any atom is -0.325 e. The predicted octanol–water partition coefficient (Wildman–Crippen LogP) is 4.36. The van der Waals surface area contributed by atoms with Crippen molar-refractivity contribution in [3.8, 4) is 0 Å². The van der Waals surface area contributed by atoms with E-state index < -0.39 is 0 Å². The van der Waals surface area contributed by atoms with Crippen molar-refractivity contribution in [1.29, 1.82) is 0 Å². The SMILES string of the molecule is CCc1ccc([C@H]2Nn3c(CC)nnc3S[C@H]2C(=O)Nc2ccccc2CC)cc1. The molecule has 1 amide bonds. The van der Waals surface area contributed by atoms with Crippen molar-refractivity contribution < 1.29 is 4.79 Å². The number of hydrogen-bond donors (Lipinski definition) is 2. The fraction of sp³-hybridized carbons (Fsp3) is 0.348. The van der Waals surface area contributed by atoms with Crippen molar-refractivity contribution in [2.75, 3.05) is 10.7 Å². The second-order valence-electron chi connectivity index (χ2n) is 7.33. The molecular formula is C23H27N5OS. The van der Waals surface area contributed by atoms with Gasteiger partial charge in [-0.25, -0.2) is 4.68 Å². The third-order valence-electron chi connectivity index (χ3n) is 5.48. The van der Waals surface area contributed by atoms with E-state index in [1.807, 2.05) is 28.9 Å². The Kier molecular flexibility index (Phi) is 6.08. The van der Waals surface area contributed by atoms with Crippen LogP contribution in [0.5, 0.6) is 0 Å². The highest BCUT2D eigenvalue weighted by atomic mass is 32.2. The standard InChI is InChI=1S/C23H27N5OS/c1-4-15-11-13-17(14-12-15)20-21(30-23-26-25-19(6-3)28(23)27-20)22(29)24-18-10-8-7-9-16(18)5-2/h7-14,20-21,27H,4-6H2,1-3H3,(H,24,29)/t20-,21-/m1/s1. The van der Waals surface area contributed by atoms with E-state index in [0.717, 1.165) is 47.1 Å². The van der Waals surface area contributed by atoms with Gasteiger partial charge in [0.1, 0.15) is 5.25 Å². The summed E-state index contributed by atoms with van der Waals surface area (Å²) in [7, 11) is 0. The van der Waals surface area contributed by atoms with Gasteiger partial charge in [0.15, 0.2) is 5.82 Å². The summed E-state index contributed by atoms with van der Waals surface area (Å²) >= 11 is 1.46. The second kappa shape index (κ2) is 8.92. The number of rotatable bonds is 6. The number of nitrogens with one attached hydrogen (secondary N) is 2. The Balaban J connectivity index is 1.67. The fourth-order valence-electron chi connectivity index (χ4n) is 3.69. The molecule has 0 radical (unpaired) electrons. The zero-order valence-electron chi connectivity index (χ0n) is 17.6. The monoisotopic (exact) mass is 421 g/mol. The normalized spacial score (nSPS) is 17.8. The van der Waals surface area contributed by atoms with Gasteiger partial charge in [-0.15, -0.1) is 10.2 Å². The van der Waals surface area contributed by atoms with Crippen molar-refractivity contribution in [3.63, 3.8) is 0 Å². The number of para-hydroxylation sites is 1. The Morgan fingerprint density at radius 3 is 2.50 bits per heavy atom. The van der Waals surface area contributed by atoms with E-state index in [4.69, 9.17) is 0 Å². The number of carbonyl (C=O) groups is 1. The van der Waals surface area contributed by atoms with Crippen molar-refractivity contribution in [1.82, 2.24) is 14.9 Å². The Morgan fingerprint density at radius 2 is 1.80 bits per heavy atom. The van der Waals surface area contributed by atoms with E-state index in [0.29, 0.717) is 0 Å². The highest BCUT2D eigenvalue weighted by molar-refractivity contribution is 8.00. The van der Waals surface area contributed by atoms with Gasteiger partial charge in [0.2, 0.25) is 11.1 Å². The quantitative estimate of drug-likeness (QED) is 0.619. The zero-order chi connectivity index (χ0) is 21.1. The van der Waals surface area contributed by atoms with Crippen LogP contribution in [0.1, 0.15) is 49.3 Å².